The van der Waals surface area contributed by atoms with E-state index in [1.807, 2.05) is 39.0 Å². The van der Waals surface area contributed by atoms with Gasteiger partial charge >= 0.3 is 5.97 Å². The lowest BCUT2D eigenvalue weighted by Crippen LogP contribution is -2.61. The summed E-state index contributed by atoms with van der Waals surface area (Å²) in [4.78, 5) is 26.7. The highest BCUT2D eigenvalue weighted by atomic mass is 16.6. The number of Topliss-reactive ketones (excluding diaryl/α,β-unsaturated/α-hetero) is 1. The van der Waals surface area contributed by atoms with Crippen LogP contribution in [0.5, 0.6) is 0 Å². The van der Waals surface area contributed by atoms with E-state index in [2.05, 4.69) is 12.1 Å². The monoisotopic (exact) mass is 521 g/mol. The molecule has 204 valence electrons. The molecular weight excluding hydrogens is 482 g/mol. The summed E-state index contributed by atoms with van der Waals surface area (Å²) in [6, 6.07) is 7.41. The van der Waals surface area contributed by atoms with Crippen LogP contribution in [0.4, 0.5) is 0 Å². The molecule has 2 saturated carbocycles. The number of hydrogen-bond acceptors (Lipinski definition) is 7. The van der Waals surface area contributed by atoms with E-state index in [0.717, 1.165) is 12.8 Å². The molecule has 6 rings (SSSR count). The van der Waals surface area contributed by atoms with Gasteiger partial charge in [0, 0.05) is 29.6 Å². The van der Waals surface area contributed by atoms with Gasteiger partial charge in [-0.05, 0) is 60.3 Å². The van der Waals surface area contributed by atoms with Crippen LogP contribution in [-0.2, 0) is 27.2 Å². The maximum Gasteiger partial charge on any atom is 0.323 e. The minimum absolute atomic E-state index is 0.0269. The summed E-state index contributed by atoms with van der Waals surface area (Å²) in [6.45, 7) is 7.34. The molecule has 5 aliphatic rings. The third-order valence-electron chi connectivity index (χ3n) is 11.0. The Hall–Kier alpha value is -2.32. The average Bonchev–Trinajstić information content (AvgIpc) is 3.14. The summed E-state index contributed by atoms with van der Waals surface area (Å²) in [5.74, 6) is -2.82. The Morgan fingerprint density at radius 1 is 1.16 bits per heavy atom. The van der Waals surface area contributed by atoms with E-state index >= 15 is 0 Å². The molecule has 7 nitrogen and oxygen atoms in total. The quantitative estimate of drug-likeness (QED) is 0.353. The Bertz CT molecular complexity index is 1260. The van der Waals surface area contributed by atoms with Crippen LogP contribution in [0.2, 0.25) is 0 Å². The smallest absolute Gasteiger partial charge is 0.323 e. The maximum atomic E-state index is 13.6. The van der Waals surface area contributed by atoms with Crippen molar-refractivity contribution < 1.29 is 29.6 Å². The number of benzene rings is 1. The first-order chi connectivity index (χ1) is 17.8. The van der Waals surface area contributed by atoms with Crippen LogP contribution in [-0.4, -0.2) is 56.5 Å². The molecule has 8 atom stereocenters. The van der Waals surface area contributed by atoms with Crippen LogP contribution in [0.3, 0.4) is 0 Å². The van der Waals surface area contributed by atoms with Gasteiger partial charge in [-0.1, -0.05) is 57.2 Å². The van der Waals surface area contributed by atoms with Gasteiger partial charge in [0.15, 0.2) is 5.78 Å². The van der Waals surface area contributed by atoms with Crippen molar-refractivity contribution >= 4 is 11.8 Å². The lowest BCUT2D eigenvalue weighted by Gasteiger charge is -2.50. The topological polar surface area (TPSA) is 130 Å². The van der Waals surface area contributed by atoms with Crippen molar-refractivity contribution in [2.24, 2.45) is 40.7 Å². The van der Waals surface area contributed by atoms with Gasteiger partial charge < -0.3 is 25.8 Å². The van der Waals surface area contributed by atoms with E-state index in [1.54, 1.807) is 13.0 Å². The number of ketones is 1. The maximum absolute atomic E-state index is 13.6. The van der Waals surface area contributed by atoms with Gasteiger partial charge in [-0.15, -0.1) is 0 Å². The fourth-order valence-corrected chi connectivity index (χ4v) is 8.88. The summed E-state index contributed by atoms with van der Waals surface area (Å²) < 4.78 is 6.38. The van der Waals surface area contributed by atoms with E-state index in [9.17, 15) is 24.9 Å². The van der Waals surface area contributed by atoms with Crippen molar-refractivity contribution in [3.05, 3.63) is 58.7 Å². The van der Waals surface area contributed by atoms with Crippen molar-refractivity contribution in [3.8, 4) is 0 Å². The molecule has 7 heteroatoms. The third kappa shape index (κ3) is 3.16. The van der Waals surface area contributed by atoms with Crippen LogP contribution in [0.25, 0.3) is 0 Å². The molecule has 0 aromatic heterocycles. The molecule has 38 heavy (non-hydrogen) atoms. The first-order valence-corrected chi connectivity index (χ1v) is 13.8. The first kappa shape index (κ1) is 25.9. The van der Waals surface area contributed by atoms with Gasteiger partial charge in [-0.3, -0.25) is 9.59 Å². The number of rotatable bonds is 4. The number of aliphatic hydroxyl groups excluding tert-OH is 1. The minimum Gasteiger partial charge on any atom is -0.457 e. The zero-order chi connectivity index (χ0) is 27.4. The lowest BCUT2D eigenvalue weighted by atomic mass is 9.60. The van der Waals surface area contributed by atoms with Crippen molar-refractivity contribution in [2.45, 2.75) is 76.2 Å². The second kappa shape index (κ2) is 8.10. The molecule has 1 unspecified atom stereocenters. The molecule has 5 aliphatic carbocycles. The third-order valence-corrected chi connectivity index (χ3v) is 11.0. The standard InChI is InChI=1S/C31H39NO6/c1-16-9-23-29(36,26(16)34)14-18(15-33)10-22-25-28(3,4)30(25,13-17(2)31(22,23)37)38-27(35)24(32)21-11-19-7-5-6-8-20(19)12-21/h5-10,17,21-25,33,36-37H,11-15,32H2,1-4H3/t17-,22+,23-,24+,25?,29-,30+,31-/m1/s1. The molecule has 0 aliphatic heterocycles. The first-order valence-electron chi connectivity index (χ1n) is 13.8. The number of hydrogen-bond donors (Lipinski definition) is 4. The van der Waals surface area contributed by atoms with E-state index < -0.39 is 57.8 Å². The second-order valence-corrected chi connectivity index (χ2v) is 13.2. The Labute approximate surface area is 223 Å². The summed E-state index contributed by atoms with van der Waals surface area (Å²) in [6.07, 6.45) is 5.41. The number of nitrogens with two attached hydrogens (primary N) is 1. The van der Waals surface area contributed by atoms with Crippen LogP contribution in [0, 0.1) is 35.0 Å². The van der Waals surface area contributed by atoms with Gasteiger partial charge in [0.2, 0.25) is 0 Å². The predicted molar refractivity (Wildman–Crippen MR) is 141 cm³/mol. The van der Waals surface area contributed by atoms with Crippen LogP contribution in [0.15, 0.2) is 47.6 Å². The molecule has 0 radical (unpaired) electrons. The molecule has 1 aromatic carbocycles. The van der Waals surface area contributed by atoms with Crippen molar-refractivity contribution in [1.29, 1.82) is 0 Å². The fraction of sp³-hybridized carbons (Fsp3) is 0.613. The molecule has 0 heterocycles. The number of aliphatic hydroxyl groups is 3. The van der Waals surface area contributed by atoms with Crippen molar-refractivity contribution in [2.75, 3.05) is 6.61 Å². The van der Waals surface area contributed by atoms with E-state index in [0.29, 0.717) is 17.6 Å². The van der Waals surface area contributed by atoms with Crippen molar-refractivity contribution in [3.63, 3.8) is 0 Å². The molecule has 5 N–H and O–H groups in total. The fourth-order valence-electron chi connectivity index (χ4n) is 8.88. The van der Waals surface area contributed by atoms with Gasteiger partial charge in [0.25, 0.3) is 0 Å². The Balaban J connectivity index is 1.32. The van der Waals surface area contributed by atoms with E-state index in [1.165, 1.54) is 11.1 Å². The van der Waals surface area contributed by atoms with E-state index in [-0.39, 0.29) is 24.9 Å². The van der Waals surface area contributed by atoms with Crippen molar-refractivity contribution in [1.82, 2.24) is 0 Å². The number of esters is 1. The van der Waals surface area contributed by atoms with Gasteiger partial charge in [-0.25, -0.2) is 0 Å². The summed E-state index contributed by atoms with van der Waals surface area (Å²) in [5, 5.41) is 34.2. The van der Waals surface area contributed by atoms with Gasteiger partial charge in [0.1, 0.15) is 17.2 Å². The Morgan fingerprint density at radius 3 is 2.39 bits per heavy atom. The minimum atomic E-state index is -1.80. The zero-order valence-electron chi connectivity index (χ0n) is 22.6. The number of carbonyl (C=O) groups is 2. The highest BCUT2D eigenvalue weighted by molar-refractivity contribution is 6.04. The largest absolute Gasteiger partial charge is 0.457 e. The van der Waals surface area contributed by atoms with Crippen LogP contribution >= 0.6 is 0 Å². The number of ether oxygens (including phenoxy) is 1. The summed E-state index contributed by atoms with van der Waals surface area (Å²) in [5.41, 5.74) is 5.38. The van der Waals surface area contributed by atoms with Crippen LogP contribution in [0.1, 0.15) is 51.7 Å². The highest BCUT2D eigenvalue weighted by Crippen LogP contribution is 2.76. The van der Waals surface area contributed by atoms with Gasteiger partial charge in [-0.2, -0.15) is 0 Å². The SMILES string of the molecule is CC1=C[C@H]2[C@@]3(O)[C@H](C)C[C@]4(OC(=O)[C@@H](N)C5Cc6ccccc6C5)C([C@@H]3C=C(CO)C[C@]2(O)C1=O)C4(C)C. The predicted octanol–water partition coefficient (Wildman–Crippen LogP) is 2.25. The van der Waals surface area contributed by atoms with Crippen LogP contribution < -0.4 is 5.73 Å². The molecule has 0 saturated heterocycles. The van der Waals surface area contributed by atoms with Gasteiger partial charge in [0.05, 0.1) is 12.2 Å². The molecule has 2 fully saturated rings. The number of fused-ring (bicyclic) bond motifs is 6. The molecule has 0 amide bonds. The molecule has 1 aromatic rings. The summed E-state index contributed by atoms with van der Waals surface area (Å²) in [7, 11) is 0. The number of carbonyl (C=O) groups excluding carboxylic acids is 2. The molecule has 0 bridgehead atoms. The second-order valence-electron chi connectivity index (χ2n) is 13.2. The lowest BCUT2D eigenvalue weighted by molar-refractivity contribution is -0.188. The zero-order valence-corrected chi connectivity index (χ0v) is 22.6. The normalized spacial score (nSPS) is 41.6. The molecular formula is C31H39NO6. The summed E-state index contributed by atoms with van der Waals surface area (Å²) >= 11 is 0. The highest BCUT2D eigenvalue weighted by Gasteiger charge is 2.83. The average molecular weight is 522 g/mol. The van der Waals surface area contributed by atoms with E-state index in [4.69, 9.17) is 10.5 Å². The Kier molecular flexibility index (Phi) is 5.53. The molecule has 0 spiro atoms. The Morgan fingerprint density at radius 2 is 1.79 bits per heavy atom.